The third kappa shape index (κ3) is 11.5. The van der Waals surface area contributed by atoms with E-state index < -0.39 is 34.4 Å². The van der Waals surface area contributed by atoms with E-state index in [0.29, 0.717) is 13.0 Å². The SMILES string of the molecule is Cc1ccc(S(=O)(=O)N[C@H](Cc2ccccc2)C(=O)NCc2cccc(-c3cccc([C@@H]4O[C@H](CN(C)[C@@H](C)[C@H](O)c5ccccc5)C[C@H](c5ccc(CO)cc5)O4)c3)c2)cc1. The lowest BCUT2D eigenvalue weighted by Gasteiger charge is -2.39. The molecule has 1 aliphatic rings. The smallest absolute Gasteiger partial charge is 0.241 e. The Balaban J connectivity index is 1.07. The summed E-state index contributed by atoms with van der Waals surface area (Å²) < 4.78 is 42.9. The van der Waals surface area contributed by atoms with Crippen LogP contribution in [0.25, 0.3) is 11.1 Å². The predicted molar refractivity (Wildman–Crippen MR) is 241 cm³/mol. The number of likely N-dealkylation sites (N-methyl/N-ethyl adjacent to an activating group) is 1. The third-order valence-corrected chi connectivity index (χ3v) is 13.0. The number of aryl methyl sites for hydroxylation is 1. The average molecular weight is 854 g/mol. The molecule has 7 rings (SSSR count). The lowest BCUT2D eigenvalue weighted by Crippen LogP contribution is -2.47. The van der Waals surface area contributed by atoms with Crippen LogP contribution in [0.4, 0.5) is 0 Å². The fourth-order valence-corrected chi connectivity index (χ4v) is 8.93. The summed E-state index contributed by atoms with van der Waals surface area (Å²) in [4.78, 5) is 16.0. The standard InChI is InChI=1S/C51H55N3O7S/c1-35-20-26-46(27-21-35)62(58,59)53-47(29-37-12-6-4-7-13-37)50(57)52-32-39-14-10-17-42(28-39)43-18-11-19-44(30-43)51-60-45(31-48(61-51)40-24-22-38(34-55)23-25-40)33-54(3)36(2)49(56)41-15-8-5-9-16-41/h4-28,30,36,45,47-49,51,53,55-56H,29,31-34H2,1-3H3,(H,52,57)/t36-,45-,47+,48+,49-,51+/m0/s1. The maximum absolute atomic E-state index is 13.8. The Hall–Kier alpha value is -5.50. The van der Waals surface area contributed by atoms with Crippen molar-refractivity contribution in [3.63, 3.8) is 0 Å². The highest BCUT2D eigenvalue weighted by Gasteiger charge is 2.34. The quantitative estimate of drug-likeness (QED) is 0.0726. The Kier molecular flexibility index (Phi) is 14.8. The molecule has 10 nitrogen and oxygen atoms in total. The van der Waals surface area contributed by atoms with Gasteiger partial charge in [-0.25, -0.2) is 8.42 Å². The second-order valence-corrected chi connectivity index (χ2v) is 17.8. The van der Waals surface area contributed by atoms with Gasteiger partial charge in [-0.15, -0.1) is 0 Å². The number of nitrogens with zero attached hydrogens (tertiary/aromatic N) is 1. The summed E-state index contributed by atoms with van der Waals surface area (Å²) in [5.41, 5.74) is 7.96. The normalized spacial score (nSPS) is 18.2. The molecule has 0 saturated carbocycles. The van der Waals surface area contributed by atoms with Gasteiger partial charge in [0, 0.05) is 31.1 Å². The summed E-state index contributed by atoms with van der Waals surface area (Å²) in [7, 11) is -1.98. The molecule has 1 heterocycles. The van der Waals surface area contributed by atoms with E-state index in [4.69, 9.17) is 9.47 Å². The zero-order chi connectivity index (χ0) is 43.6. The van der Waals surface area contributed by atoms with E-state index in [1.54, 1.807) is 12.1 Å². The Morgan fingerprint density at radius 1 is 0.758 bits per heavy atom. The number of carbonyl (C=O) groups is 1. The lowest BCUT2D eigenvalue weighted by atomic mass is 9.97. The number of amides is 1. The Bertz CT molecular complexity index is 2490. The minimum absolute atomic E-state index is 0.0439. The Labute approximate surface area is 365 Å². The van der Waals surface area contributed by atoms with Gasteiger partial charge in [0.05, 0.1) is 29.8 Å². The molecule has 6 atom stereocenters. The number of aliphatic hydroxyl groups excluding tert-OH is 2. The molecule has 4 N–H and O–H groups in total. The molecule has 0 bridgehead atoms. The molecule has 11 heteroatoms. The molecule has 0 aliphatic carbocycles. The fourth-order valence-electron chi connectivity index (χ4n) is 7.74. The molecule has 1 aliphatic heterocycles. The van der Waals surface area contributed by atoms with Crippen molar-refractivity contribution >= 4 is 15.9 Å². The van der Waals surface area contributed by atoms with E-state index in [1.165, 1.54) is 12.1 Å². The summed E-state index contributed by atoms with van der Waals surface area (Å²) >= 11 is 0. The summed E-state index contributed by atoms with van der Waals surface area (Å²) in [6.45, 7) is 4.60. The van der Waals surface area contributed by atoms with Gasteiger partial charge in [-0.1, -0.05) is 139 Å². The molecule has 0 aromatic heterocycles. The number of aliphatic hydroxyl groups is 2. The molecular formula is C51H55N3O7S. The molecule has 0 unspecified atom stereocenters. The number of rotatable bonds is 17. The van der Waals surface area contributed by atoms with E-state index in [1.807, 2.05) is 148 Å². The summed E-state index contributed by atoms with van der Waals surface area (Å²) in [6.07, 6.45) is -1.10. The fraction of sp³-hybridized carbons (Fsp3) is 0.275. The van der Waals surface area contributed by atoms with Gasteiger partial charge in [-0.2, -0.15) is 4.72 Å². The molecule has 6 aromatic rings. The maximum Gasteiger partial charge on any atom is 0.241 e. The van der Waals surface area contributed by atoms with Crippen molar-refractivity contribution in [1.29, 1.82) is 0 Å². The van der Waals surface area contributed by atoms with Crippen molar-refractivity contribution < 1.29 is 32.9 Å². The summed E-state index contributed by atoms with van der Waals surface area (Å²) in [5, 5.41) is 23.9. The molecule has 0 spiro atoms. The topological polar surface area (TPSA) is 137 Å². The number of ether oxygens (including phenoxy) is 2. The molecule has 322 valence electrons. The number of benzene rings is 6. The largest absolute Gasteiger partial charge is 0.392 e. The Morgan fingerprint density at radius 2 is 1.40 bits per heavy atom. The first-order valence-electron chi connectivity index (χ1n) is 21.0. The second-order valence-electron chi connectivity index (χ2n) is 16.1. The van der Waals surface area contributed by atoms with Gasteiger partial charge in [0.1, 0.15) is 6.04 Å². The number of carbonyl (C=O) groups excluding carboxylic acids is 1. The number of sulfonamides is 1. The zero-order valence-electron chi connectivity index (χ0n) is 35.3. The van der Waals surface area contributed by atoms with Crippen LogP contribution in [0, 0.1) is 6.92 Å². The van der Waals surface area contributed by atoms with Gasteiger partial charge in [-0.3, -0.25) is 9.69 Å². The highest BCUT2D eigenvalue weighted by atomic mass is 32.2. The van der Waals surface area contributed by atoms with Crippen LogP contribution in [-0.4, -0.2) is 61.2 Å². The number of hydrogen-bond donors (Lipinski definition) is 4. The van der Waals surface area contributed by atoms with Crippen LogP contribution in [0.15, 0.2) is 163 Å². The molecular weight excluding hydrogens is 799 g/mol. The first-order valence-corrected chi connectivity index (χ1v) is 22.5. The van der Waals surface area contributed by atoms with Crippen LogP contribution >= 0.6 is 0 Å². The minimum atomic E-state index is -3.98. The lowest BCUT2D eigenvalue weighted by molar-refractivity contribution is -0.253. The number of nitrogens with one attached hydrogen (secondary N) is 2. The van der Waals surface area contributed by atoms with Crippen molar-refractivity contribution in [3.05, 3.63) is 197 Å². The van der Waals surface area contributed by atoms with Crippen molar-refractivity contribution in [1.82, 2.24) is 14.9 Å². The van der Waals surface area contributed by atoms with Gasteiger partial charge in [0.15, 0.2) is 6.29 Å². The molecule has 6 aromatic carbocycles. The third-order valence-electron chi connectivity index (χ3n) is 11.5. The predicted octanol–water partition coefficient (Wildman–Crippen LogP) is 7.96. The second kappa shape index (κ2) is 20.6. The van der Waals surface area contributed by atoms with E-state index in [-0.39, 0.29) is 42.7 Å². The van der Waals surface area contributed by atoms with Crippen molar-refractivity contribution in [2.75, 3.05) is 13.6 Å². The van der Waals surface area contributed by atoms with Crippen LogP contribution < -0.4 is 10.0 Å². The molecule has 1 amide bonds. The van der Waals surface area contributed by atoms with Crippen LogP contribution in [0.2, 0.25) is 0 Å². The van der Waals surface area contributed by atoms with Gasteiger partial charge in [-0.05, 0) is 90.5 Å². The van der Waals surface area contributed by atoms with Crippen molar-refractivity contribution in [3.8, 4) is 11.1 Å². The van der Waals surface area contributed by atoms with Gasteiger partial charge < -0.3 is 25.0 Å². The highest BCUT2D eigenvalue weighted by molar-refractivity contribution is 7.89. The Morgan fingerprint density at radius 3 is 2.10 bits per heavy atom. The van der Waals surface area contributed by atoms with Gasteiger partial charge >= 0.3 is 0 Å². The zero-order valence-corrected chi connectivity index (χ0v) is 36.1. The van der Waals surface area contributed by atoms with Crippen LogP contribution in [-0.2, 0) is 43.9 Å². The van der Waals surface area contributed by atoms with Crippen LogP contribution in [0.5, 0.6) is 0 Å². The van der Waals surface area contributed by atoms with Crippen LogP contribution in [0.3, 0.4) is 0 Å². The highest BCUT2D eigenvalue weighted by Crippen LogP contribution is 2.39. The van der Waals surface area contributed by atoms with E-state index in [0.717, 1.165) is 50.1 Å². The number of hydrogen-bond acceptors (Lipinski definition) is 8. The molecule has 62 heavy (non-hydrogen) atoms. The van der Waals surface area contributed by atoms with E-state index in [2.05, 4.69) is 21.0 Å². The van der Waals surface area contributed by atoms with E-state index >= 15 is 0 Å². The van der Waals surface area contributed by atoms with Crippen molar-refractivity contribution in [2.24, 2.45) is 0 Å². The molecule has 1 fully saturated rings. The summed E-state index contributed by atoms with van der Waals surface area (Å²) in [6, 6.07) is 48.0. The van der Waals surface area contributed by atoms with Crippen LogP contribution in [0.1, 0.15) is 70.8 Å². The van der Waals surface area contributed by atoms with E-state index in [9.17, 15) is 23.4 Å². The monoisotopic (exact) mass is 853 g/mol. The van der Waals surface area contributed by atoms with Gasteiger partial charge in [0.25, 0.3) is 0 Å². The molecule has 0 radical (unpaired) electrons. The molecule has 1 saturated heterocycles. The first-order chi connectivity index (χ1) is 29.9. The summed E-state index contributed by atoms with van der Waals surface area (Å²) in [5.74, 6) is -0.437. The maximum atomic E-state index is 13.8. The first kappa shape index (κ1) is 44.6. The minimum Gasteiger partial charge on any atom is -0.392 e. The van der Waals surface area contributed by atoms with Gasteiger partial charge in [0.2, 0.25) is 15.9 Å². The average Bonchev–Trinajstić information content (AvgIpc) is 3.30. The van der Waals surface area contributed by atoms with Crippen molar-refractivity contribution in [2.45, 2.75) is 81.4 Å².